The predicted octanol–water partition coefficient (Wildman–Crippen LogP) is 4.73. The molecule has 0 heterocycles. The zero-order valence-corrected chi connectivity index (χ0v) is 11.5. The van der Waals surface area contributed by atoms with Crippen molar-refractivity contribution in [3.8, 4) is 0 Å². The molecule has 1 rings (SSSR count). The molecule has 1 aromatic rings. The van der Waals surface area contributed by atoms with Crippen molar-refractivity contribution in [1.29, 1.82) is 0 Å². The zero-order valence-electron chi connectivity index (χ0n) is 9.95. The lowest BCUT2D eigenvalue weighted by Gasteiger charge is -2.02. The molecule has 16 heavy (non-hydrogen) atoms. The van der Waals surface area contributed by atoms with Gasteiger partial charge in [-0.15, -0.1) is 0 Å². The van der Waals surface area contributed by atoms with Crippen LogP contribution in [0.1, 0.15) is 31.9 Å². The summed E-state index contributed by atoms with van der Waals surface area (Å²) in [4.78, 5) is 10.2. The van der Waals surface area contributed by atoms with Gasteiger partial charge in [0.05, 0.1) is 9.40 Å². The Morgan fingerprint density at radius 2 is 1.94 bits per heavy atom. The molecule has 4 heteroatoms. The van der Waals surface area contributed by atoms with Crippen LogP contribution in [0.15, 0.2) is 22.7 Å². The van der Waals surface area contributed by atoms with Gasteiger partial charge in [-0.2, -0.15) is 0 Å². The Kier molecular flexibility index (Phi) is 6.65. The minimum Gasteiger partial charge on any atom is -0.258 e. The van der Waals surface area contributed by atoms with Gasteiger partial charge in [-0.25, -0.2) is 0 Å². The topological polar surface area (TPSA) is 43.1 Å². The highest BCUT2D eigenvalue weighted by atomic mass is 79.9. The van der Waals surface area contributed by atoms with Gasteiger partial charge in [0.25, 0.3) is 5.69 Å². The number of allylic oxidation sites excluding steroid dienone is 1. The summed E-state index contributed by atoms with van der Waals surface area (Å²) in [7, 11) is 0. The predicted molar refractivity (Wildman–Crippen MR) is 71.6 cm³/mol. The van der Waals surface area contributed by atoms with Gasteiger partial charge in [0.15, 0.2) is 0 Å². The number of nitro benzene ring substituents is 1. The minimum absolute atomic E-state index is 0.107. The van der Waals surface area contributed by atoms with Crippen LogP contribution < -0.4 is 0 Å². The van der Waals surface area contributed by atoms with Crippen molar-refractivity contribution >= 4 is 27.7 Å². The van der Waals surface area contributed by atoms with Gasteiger partial charge in [0, 0.05) is 6.07 Å². The van der Waals surface area contributed by atoms with Crippen LogP contribution in [0.3, 0.4) is 0 Å². The molecule has 1 aromatic carbocycles. The molecule has 0 fully saturated rings. The molecule has 0 aliphatic heterocycles. The van der Waals surface area contributed by atoms with Gasteiger partial charge in [0.1, 0.15) is 0 Å². The Bertz CT molecular complexity index is 400. The standard InChI is InChI=1S/C10H10BrNO2.C2H6/c1-3-4-8-6-9(11)10(12(13)14)5-7(8)2;1-2/h3-6H,1-2H3;1-2H3/b4-3-;. The molecule has 0 atom stereocenters. The lowest BCUT2D eigenvalue weighted by Crippen LogP contribution is -1.92. The smallest absolute Gasteiger partial charge is 0.258 e. The first kappa shape index (κ1) is 14.8. The molecule has 0 bridgehead atoms. The van der Waals surface area contributed by atoms with Crippen LogP contribution in [0, 0.1) is 17.0 Å². The maximum absolute atomic E-state index is 10.6. The molecule has 0 aliphatic carbocycles. The first-order chi connectivity index (χ1) is 7.56. The Morgan fingerprint density at radius 3 is 2.38 bits per heavy atom. The van der Waals surface area contributed by atoms with E-state index in [4.69, 9.17) is 0 Å². The molecule has 0 spiro atoms. The average molecular weight is 286 g/mol. The van der Waals surface area contributed by atoms with E-state index >= 15 is 0 Å². The number of benzene rings is 1. The highest BCUT2D eigenvalue weighted by molar-refractivity contribution is 9.10. The maximum atomic E-state index is 10.6. The summed E-state index contributed by atoms with van der Waals surface area (Å²) in [6.45, 7) is 7.77. The molecular weight excluding hydrogens is 270 g/mol. The van der Waals surface area contributed by atoms with Crippen LogP contribution in [0.5, 0.6) is 0 Å². The van der Waals surface area contributed by atoms with Crippen molar-refractivity contribution in [2.45, 2.75) is 27.7 Å². The van der Waals surface area contributed by atoms with E-state index in [0.29, 0.717) is 4.47 Å². The SMILES string of the molecule is C/C=C\c1cc(Br)c([N+](=O)[O-])cc1C.CC. The highest BCUT2D eigenvalue weighted by Gasteiger charge is 2.13. The van der Waals surface area contributed by atoms with E-state index in [0.717, 1.165) is 11.1 Å². The Hall–Kier alpha value is -1.16. The van der Waals surface area contributed by atoms with Crippen LogP contribution in [0.2, 0.25) is 0 Å². The van der Waals surface area contributed by atoms with E-state index in [1.165, 1.54) is 0 Å². The van der Waals surface area contributed by atoms with Crippen molar-refractivity contribution in [3.63, 3.8) is 0 Å². The molecule has 0 amide bonds. The summed E-state index contributed by atoms with van der Waals surface area (Å²) in [5.41, 5.74) is 2.00. The molecular formula is C12H16BrNO2. The lowest BCUT2D eigenvalue weighted by atomic mass is 10.1. The van der Waals surface area contributed by atoms with Crippen LogP contribution in [0.4, 0.5) is 5.69 Å². The summed E-state index contributed by atoms with van der Waals surface area (Å²) in [5, 5.41) is 10.6. The van der Waals surface area contributed by atoms with Crippen LogP contribution in [-0.2, 0) is 0 Å². The molecule has 88 valence electrons. The molecule has 0 aromatic heterocycles. The highest BCUT2D eigenvalue weighted by Crippen LogP contribution is 2.28. The first-order valence-corrected chi connectivity index (χ1v) is 5.92. The minimum atomic E-state index is -0.392. The number of nitrogens with zero attached hydrogens (tertiary/aromatic N) is 1. The Morgan fingerprint density at radius 1 is 1.38 bits per heavy atom. The number of hydrogen-bond donors (Lipinski definition) is 0. The van der Waals surface area contributed by atoms with Crippen molar-refractivity contribution in [1.82, 2.24) is 0 Å². The number of aryl methyl sites for hydroxylation is 1. The number of nitro groups is 1. The largest absolute Gasteiger partial charge is 0.283 e. The number of halogens is 1. The van der Waals surface area contributed by atoms with Crippen LogP contribution in [-0.4, -0.2) is 4.92 Å². The molecule has 0 N–H and O–H groups in total. The summed E-state index contributed by atoms with van der Waals surface area (Å²) in [6.07, 6.45) is 3.82. The summed E-state index contributed by atoms with van der Waals surface area (Å²) in [6, 6.07) is 3.33. The lowest BCUT2D eigenvalue weighted by molar-refractivity contribution is -0.385. The summed E-state index contributed by atoms with van der Waals surface area (Å²) in [5.74, 6) is 0. The molecule has 0 saturated heterocycles. The fourth-order valence-corrected chi connectivity index (χ4v) is 1.69. The quantitative estimate of drug-likeness (QED) is 0.583. The average Bonchev–Trinajstić information content (AvgIpc) is 2.26. The second-order valence-corrected chi connectivity index (χ2v) is 3.77. The summed E-state index contributed by atoms with van der Waals surface area (Å²) < 4.78 is 0.515. The molecule has 3 nitrogen and oxygen atoms in total. The molecule has 0 aliphatic rings. The maximum Gasteiger partial charge on any atom is 0.283 e. The van der Waals surface area contributed by atoms with Gasteiger partial charge >= 0.3 is 0 Å². The number of rotatable bonds is 2. The van der Waals surface area contributed by atoms with Gasteiger partial charge in [0.2, 0.25) is 0 Å². The van der Waals surface area contributed by atoms with E-state index in [1.807, 2.05) is 39.8 Å². The fourth-order valence-electron chi connectivity index (χ4n) is 1.18. The number of hydrogen-bond acceptors (Lipinski definition) is 2. The molecule has 0 radical (unpaired) electrons. The third-order valence-electron chi connectivity index (χ3n) is 1.88. The van der Waals surface area contributed by atoms with Gasteiger partial charge in [-0.3, -0.25) is 10.1 Å². The molecule has 0 unspecified atom stereocenters. The normalized spacial score (nSPS) is 9.81. The van der Waals surface area contributed by atoms with Crippen LogP contribution in [0.25, 0.3) is 6.08 Å². The second-order valence-electron chi connectivity index (χ2n) is 2.92. The second kappa shape index (κ2) is 7.17. The van der Waals surface area contributed by atoms with Gasteiger partial charge < -0.3 is 0 Å². The van der Waals surface area contributed by atoms with Crippen molar-refractivity contribution in [2.24, 2.45) is 0 Å². The van der Waals surface area contributed by atoms with Crippen LogP contribution >= 0.6 is 15.9 Å². The monoisotopic (exact) mass is 285 g/mol. The first-order valence-electron chi connectivity index (χ1n) is 5.13. The Labute approximate surface area is 104 Å². The van der Waals surface area contributed by atoms with E-state index in [9.17, 15) is 10.1 Å². The van der Waals surface area contributed by atoms with Gasteiger partial charge in [-0.05, 0) is 47.0 Å². The fraction of sp³-hybridized carbons (Fsp3) is 0.333. The zero-order chi connectivity index (χ0) is 12.7. The Balaban J connectivity index is 0.00000106. The van der Waals surface area contributed by atoms with Crippen molar-refractivity contribution < 1.29 is 4.92 Å². The van der Waals surface area contributed by atoms with E-state index in [2.05, 4.69) is 15.9 Å². The van der Waals surface area contributed by atoms with Crippen molar-refractivity contribution in [2.75, 3.05) is 0 Å². The molecule has 0 saturated carbocycles. The third kappa shape index (κ3) is 3.77. The summed E-state index contributed by atoms with van der Waals surface area (Å²) >= 11 is 3.18. The van der Waals surface area contributed by atoms with Gasteiger partial charge in [-0.1, -0.05) is 26.0 Å². The van der Waals surface area contributed by atoms with E-state index in [1.54, 1.807) is 12.1 Å². The van der Waals surface area contributed by atoms with E-state index < -0.39 is 4.92 Å². The third-order valence-corrected chi connectivity index (χ3v) is 2.51. The van der Waals surface area contributed by atoms with E-state index in [-0.39, 0.29) is 5.69 Å². The van der Waals surface area contributed by atoms with Crippen molar-refractivity contribution in [3.05, 3.63) is 43.9 Å².